The Morgan fingerprint density at radius 2 is 1.64 bits per heavy atom. The number of tetrazole rings is 1. The maximum absolute atomic E-state index is 16.1. The quantitative estimate of drug-likeness (QED) is 0.446. The van der Waals surface area contributed by atoms with Gasteiger partial charge >= 0.3 is 6.18 Å². The molecular formula is C23H19F7N4O2. The molecule has 3 aliphatic carbocycles. The van der Waals surface area contributed by atoms with Crippen molar-refractivity contribution in [2.75, 3.05) is 6.61 Å². The van der Waals surface area contributed by atoms with E-state index < -0.39 is 58.9 Å². The summed E-state index contributed by atoms with van der Waals surface area (Å²) in [4.78, 5) is 0.706. The highest BCUT2D eigenvalue weighted by atomic mass is 19.4. The summed E-state index contributed by atoms with van der Waals surface area (Å²) in [6.45, 7) is -2.38. The standard InChI is InChI=1S/C23H19F7N4O2/c24-15-3-6-17(18(25)7-15)21(35,11-34-32-13-31-33-34)23(29,30)20-8-19(9-20,10-20)14-1-4-16(5-2-14)36-12-22(26,27)28/h1-7,13,35H,8-12H2. The number of rotatable bonds is 8. The van der Waals surface area contributed by atoms with Gasteiger partial charge in [-0.25, -0.2) is 17.6 Å². The van der Waals surface area contributed by atoms with Crippen LogP contribution in [0, 0.1) is 17.0 Å². The van der Waals surface area contributed by atoms with Gasteiger partial charge in [-0.05, 0) is 59.7 Å². The second-order valence-corrected chi connectivity index (χ2v) is 9.54. The van der Waals surface area contributed by atoms with Crippen LogP contribution in [0.3, 0.4) is 0 Å². The Balaban J connectivity index is 1.39. The normalized spacial score (nSPS) is 25.0. The zero-order valence-corrected chi connectivity index (χ0v) is 18.4. The molecule has 0 spiro atoms. The van der Waals surface area contributed by atoms with Gasteiger partial charge in [-0.2, -0.15) is 18.0 Å². The van der Waals surface area contributed by atoms with Gasteiger partial charge in [0.15, 0.2) is 18.5 Å². The maximum atomic E-state index is 16.1. The van der Waals surface area contributed by atoms with Crippen molar-refractivity contribution in [1.29, 1.82) is 0 Å². The van der Waals surface area contributed by atoms with Crippen molar-refractivity contribution in [1.82, 2.24) is 20.2 Å². The van der Waals surface area contributed by atoms with Crippen LogP contribution in [-0.2, 0) is 17.6 Å². The zero-order chi connectivity index (χ0) is 26.0. The minimum absolute atomic E-state index is 0.00999. The van der Waals surface area contributed by atoms with Gasteiger partial charge in [0.05, 0.1) is 0 Å². The summed E-state index contributed by atoms with van der Waals surface area (Å²) in [5.41, 5.74) is -5.60. The summed E-state index contributed by atoms with van der Waals surface area (Å²) < 4.78 is 102. The van der Waals surface area contributed by atoms with Crippen LogP contribution < -0.4 is 4.74 Å². The molecule has 1 heterocycles. The van der Waals surface area contributed by atoms with Crippen molar-refractivity contribution in [3.63, 3.8) is 0 Å². The SMILES string of the molecule is OC(Cn1ncnn1)(c1ccc(F)cc1F)C(F)(F)C12CC(c3ccc(OCC(F)(F)F)cc3)(C1)C2. The van der Waals surface area contributed by atoms with E-state index in [1.54, 1.807) is 0 Å². The largest absolute Gasteiger partial charge is 0.484 e. The van der Waals surface area contributed by atoms with Crippen LogP contribution in [0.5, 0.6) is 5.75 Å². The molecule has 6 rings (SSSR count). The summed E-state index contributed by atoms with van der Waals surface area (Å²) in [5, 5.41) is 21.9. The lowest BCUT2D eigenvalue weighted by molar-refractivity contribution is -0.348. The molecule has 6 nitrogen and oxygen atoms in total. The Kier molecular flexibility index (Phi) is 5.36. The fraction of sp³-hybridized carbons (Fsp3) is 0.435. The van der Waals surface area contributed by atoms with Crippen molar-refractivity contribution >= 4 is 0 Å². The molecule has 0 aliphatic heterocycles. The molecule has 1 atom stereocenters. The van der Waals surface area contributed by atoms with E-state index in [4.69, 9.17) is 0 Å². The highest BCUT2D eigenvalue weighted by Crippen LogP contribution is 2.80. The van der Waals surface area contributed by atoms with E-state index >= 15 is 8.78 Å². The van der Waals surface area contributed by atoms with E-state index in [9.17, 15) is 27.1 Å². The third-order valence-corrected chi connectivity index (χ3v) is 7.22. The minimum atomic E-state index is -4.49. The lowest BCUT2D eigenvalue weighted by atomic mass is 9.30. The molecule has 0 saturated heterocycles. The number of alkyl halides is 5. The molecule has 13 heteroatoms. The molecule has 3 saturated carbocycles. The average molecular weight is 516 g/mol. The first kappa shape index (κ1) is 24.5. The maximum Gasteiger partial charge on any atom is 0.422 e. The Bertz CT molecular complexity index is 1240. The summed E-state index contributed by atoms with van der Waals surface area (Å²) in [6.07, 6.45) is -3.67. The van der Waals surface area contributed by atoms with E-state index in [1.165, 1.54) is 24.3 Å². The van der Waals surface area contributed by atoms with Gasteiger partial charge in [-0.1, -0.05) is 12.1 Å². The second kappa shape index (κ2) is 7.89. The number of halogens is 7. The van der Waals surface area contributed by atoms with E-state index in [0.29, 0.717) is 16.4 Å². The molecule has 36 heavy (non-hydrogen) atoms. The zero-order valence-electron chi connectivity index (χ0n) is 18.4. The molecular weight excluding hydrogens is 497 g/mol. The first-order chi connectivity index (χ1) is 16.8. The number of hydrogen-bond acceptors (Lipinski definition) is 5. The van der Waals surface area contributed by atoms with Gasteiger partial charge in [-0.15, -0.1) is 10.2 Å². The smallest absolute Gasteiger partial charge is 0.422 e. The molecule has 2 aromatic carbocycles. The number of benzene rings is 2. The predicted molar refractivity (Wildman–Crippen MR) is 109 cm³/mol. The van der Waals surface area contributed by atoms with Crippen LogP contribution in [0.15, 0.2) is 48.8 Å². The highest BCUT2D eigenvalue weighted by molar-refractivity contribution is 5.44. The van der Waals surface area contributed by atoms with E-state index in [-0.39, 0.29) is 25.0 Å². The number of aromatic nitrogens is 4. The molecule has 3 fully saturated rings. The molecule has 1 N–H and O–H groups in total. The molecule has 3 aliphatic rings. The average Bonchev–Trinajstić information content (AvgIpc) is 3.23. The Hall–Kier alpha value is -3.22. The first-order valence-electron chi connectivity index (χ1n) is 10.9. The molecule has 0 radical (unpaired) electrons. The topological polar surface area (TPSA) is 73.1 Å². The fourth-order valence-electron chi connectivity index (χ4n) is 5.58. The molecule has 1 unspecified atom stereocenters. The van der Waals surface area contributed by atoms with Crippen LogP contribution in [0.1, 0.15) is 30.4 Å². The van der Waals surface area contributed by atoms with Crippen molar-refractivity contribution in [3.8, 4) is 5.75 Å². The van der Waals surface area contributed by atoms with Crippen LogP contribution in [0.4, 0.5) is 30.7 Å². The minimum Gasteiger partial charge on any atom is -0.484 e. The van der Waals surface area contributed by atoms with Gasteiger partial charge in [0.2, 0.25) is 0 Å². The van der Waals surface area contributed by atoms with Crippen LogP contribution in [0.2, 0.25) is 0 Å². The molecule has 1 aromatic heterocycles. The van der Waals surface area contributed by atoms with Gasteiger partial charge < -0.3 is 9.84 Å². The number of nitrogens with zero attached hydrogens (tertiary/aromatic N) is 4. The van der Waals surface area contributed by atoms with Crippen LogP contribution in [0.25, 0.3) is 0 Å². The Morgan fingerprint density at radius 3 is 2.19 bits per heavy atom. The van der Waals surface area contributed by atoms with Crippen molar-refractivity contribution in [2.24, 2.45) is 5.41 Å². The Labute approximate surface area is 199 Å². The van der Waals surface area contributed by atoms with E-state index in [0.717, 1.165) is 18.5 Å². The number of aliphatic hydroxyl groups is 1. The fourth-order valence-corrected chi connectivity index (χ4v) is 5.58. The molecule has 2 bridgehead atoms. The van der Waals surface area contributed by atoms with Crippen LogP contribution >= 0.6 is 0 Å². The van der Waals surface area contributed by atoms with Gasteiger partial charge in [0, 0.05) is 17.0 Å². The van der Waals surface area contributed by atoms with E-state index in [1.807, 2.05) is 0 Å². The predicted octanol–water partition coefficient (Wildman–Crippen LogP) is 4.54. The van der Waals surface area contributed by atoms with Crippen LogP contribution in [-0.4, -0.2) is 44.0 Å². The molecule has 0 amide bonds. The van der Waals surface area contributed by atoms with Gasteiger partial charge in [-0.3, -0.25) is 0 Å². The Morgan fingerprint density at radius 1 is 0.972 bits per heavy atom. The first-order valence-corrected chi connectivity index (χ1v) is 10.9. The molecule has 192 valence electrons. The summed E-state index contributed by atoms with van der Waals surface area (Å²) in [5.74, 6) is -6.23. The van der Waals surface area contributed by atoms with Gasteiger partial charge in [0.1, 0.15) is 23.9 Å². The lowest BCUT2D eigenvalue weighted by Gasteiger charge is -2.74. The summed E-state index contributed by atoms with van der Waals surface area (Å²) in [6, 6.07) is 7.70. The summed E-state index contributed by atoms with van der Waals surface area (Å²) in [7, 11) is 0. The van der Waals surface area contributed by atoms with E-state index in [2.05, 4.69) is 20.1 Å². The van der Waals surface area contributed by atoms with Gasteiger partial charge in [0.25, 0.3) is 5.92 Å². The van der Waals surface area contributed by atoms with Crippen molar-refractivity contribution in [2.45, 2.75) is 48.9 Å². The van der Waals surface area contributed by atoms with Crippen molar-refractivity contribution in [3.05, 3.63) is 71.6 Å². The second-order valence-electron chi connectivity index (χ2n) is 9.54. The third kappa shape index (κ3) is 3.71. The number of ether oxygens (including phenoxy) is 1. The van der Waals surface area contributed by atoms with Crippen molar-refractivity contribution < 1.29 is 40.6 Å². The highest BCUT2D eigenvalue weighted by Gasteiger charge is 2.82. The third-order valence-electron chi connectivity index (χ3n) is 7.22. The summed E-state index contributed by atoms with van der Waals surface area (Å²) >= 11 is 0. The monoisotopic (exact) mass is 516 g/mol. The molecule has 3 aromatic rings. The lowest BCUT2D eigenvalue weighted by Crippen LogP contribution is -2.76. The number of hydrogen-bond donors (Lipinski definition) is 1.